The van der Waals surface area contributed by atoms with Crippen LogP contribution in [0.2, 0.25) is 0 Å². The summed E-state index contributed by atoms with van der Waals surface area (Å²) in [5.74, 6) is 0. The quantitative estimate of drug-likeness (QED) is 0.459. The highest BCUT2D eigenvalue weighted by Gasteiger charge is 2.13. The first-order valence-corrected chi connectivity index (χ1v) is 6.33. The molecule has 5 heteroatoms. The summed E-state index contributed by atoms with van der Waals surface area (Å²) in [5.41, 5.74) is 6.74. The molecule has 0 aromatic heterocycles. The van der Waals surface area contributed by atoms with E-state index in [9.17, 15) is 10.1 Å². The van der Waals surface area contributed by atoms with Crippen LogP contribution in [0.25, 0.3) is 0 Å². The van der Waals surface area contributed by atoms with E-state index in [4.69, 9.17) is 5.73 Å². The van der Waals surface area contributed by atoms with Crippen molar-refractivity contribution in [3.8, 4) is 0 Å². The number of hydrogen-bond acceptors (Lipinski definition) is 4. The molecular formula is C13H21N3O2. The number of rotatable bonds is 7. The van der Waals surface area contributed by atoms with Crippen LogP contribution in [0.15, 0.2) is 18.2 Å². The Hall–Kier alpha value is -1.62. The molecule has 1 aromatic carbocycles. The van der Waals surface area contributed by atoms with E-state index in [0.717, 1.165) is 38.0 Å². The molecule has 5 nitrogen and oxygen atoms in total. The topological polar surface area (TPSA) is 72.4 Å². The van der Waals surface area contributed by atoms with Gasteiger partial charge in [-0.3, -0.25) is 15.0 Å². The van der Waals surface area contributed by atoms with Gasteiger partial charge in [-0.05, 0) is 31.1 Å². The largest absolute Gasteiger partial charge is 0.393 e. The number of nitro benzene ring substituents is 1. The van der Waals surface area contributed by atoms with Gasteiger partial charge in [-0.25, -0.2) is 0 Å². The number of nitrogens with two attached hydrogens (primary N) is 1. The van der Waals surface area contributed by atoms with E-state index in [1.165, 1.54) is 0 Å². The van der Waals surface area contributed by atoms with E-state index in [2.05, 4.69) is 18.7 Å². The second-order valence-electron chi connectivity index (χ2n) is 4.37. The number of nitro groups is 1. The summed E-state index contributed by atoms with van der Waals surface area (Å²) in [7, 11) is 0. The zero-order valence-electron chi connectivity index (χ0n) is 11.1. The van der Waals surface area contributed by atoms with Crippen LogP contribution in [0, 0.1) is 10.1 Å². The Morgan fingerprint density at radius 2 is 2.11 bits per heavy atom. The number of hydrogen-bond donors (Lipinski definition) is 1. The van der Waals surface area contributed by atoms with Crippen molar-refractivity contribution in [3.05, 3.63) is 33.9 Å². The summed E-state index contributed by atoms with van der Waals surface area (Å²) in [6, 6.07) is 5.04. The number of anilines is 1. The van der Waals surface area contributed by atoms with Gasteiger partial charge in [-0.1, -0.05) is 26.3 Å². The molecule has 0 heterocycles. The van der Waals surface area contributed by atoms with Gasteiger partial charge in [0.25, 0.3) is 5.69 Å². The van der Waals surface area contributed by atoms with Crippen LogP contribution in [-0.2, 0) is 6.54 Å². The van der Waals surface area contributed by atoms with Gasteiger partial charge in [-0.15, -0.1) is 0 Å². The maximum absolute atomic E-state index is 10.8. The summed E-state index contributed by atoms with van der Waals surface area (Å²) in [6.07, 6.45) is 2.29. The van der Waals surface area contributed by atoms with Crippen molar-refractivity contribution in [2.24, 2.45) is 0 Å². The van der Waals surface area contributed by atoms with Gasteiger partial charge in [0.2, 0.25) is 0 Å². The third-order valence-electron chi connectivity index (χ3n) is 2.97. The molecule has 0 radical (unpaired) electrons. The third-order valence-corrected chi connectivity index (χ3v) is 2.97. The molecule has 1 rings (SSSR count). The molecule has 18 heavy (non-hydrogen) atoms. The van der Waals surface area contributed by atoms with Gasteiger partial charge in [0.05, 0.1) is 4.92 Å². The van der Waals surface area contributed by atoms with Crippen LogP contribution in [0.4, 0.5) is 11.4 Å². The second kappa shape index (κ2) is 6.96. The molecule has 0 atom stereocenters. The molecule has 0 bridgehead atoms. The first-order valence-electron chi connectivity index (χ1n) is 6.33. The minimum absolute atomic E-state index is 0.000885. The van der Waals surface area contributed by atoms with E-state index >= 15 is 0 Å². The maximum Gasteiger partial charge on any atom is 0.292 e. The molecule has 100 valence electrons. The summed E-state index contributed by atoms with van der Waals surface area (Å²) in [5, 5.41) is 10.8. The lowest BCUT2D eigenvalue weighted by molar-refractivity contribution is -0.384. The Bertz CT molecular complexity index is 407. The molecule has 0 amide bonds. The van der Waals surface area contributed by atoms with Crippen LogP contribution < -0.4 is 5.73 Å². The fourth-order valence-corrected chi connectivity index (χ4v) is 1.83. The Labute approximate surface area is 108 Å². The number of benzene rings is 1. The maximum atomic E-state index is 10.8. The minimum Gasteiger partial charge on any atom is -0.393 e. The molecule has 0 saturated heterocycles. The first-order chi connectivity index (χ1) is 8.58. The van der Waals surface area contributed by atoms with Crippen molar-refractivity contribution in [1.29, 1.82) is 0 Å². The van der Waals surface area contributed by atoms with Gasteiger partial charge in [0.15, 0.2) is 0 Å². The highest BCUT2D eigenvalue weighted by Crippen LogP contribution is 2.23. The Kier molecular flexibility index (Phi) is 5.58. The summed E-state index contributed by atoms with van der Waals surface area (Å²) < 4.78 is 0. The molecule has 0 fully saturated rings. The number of nitrogen functional groups attached to an aromatic ring is 1. The van der Waals surface area contributed by atoms with Crippen LogP contribution in [0.1, 0.15) is 32.3 Å². The molecule has 2 N–H and O–H groups in total. The second-order valence-corrected chi connectivity index (χ2v) is 4.37. The molecule has 0 unspecified atom stereocenters. The lowest BCUT2D eigenvalue weighted by Gasteiger charge is -2.20. The van der Waals surface area contributed by atoms with Gasteiger partial charge >= 0.3 is 0 Å². The average molecular weight is 251 g/mol. The average Bonchev–Trinajstić information content (AvgIpc) is 2.36. The zero-order chi connectivity index (χ0) is 13.5. The Morgan fingerprint density at radius 1 is 1.39 bits per heavy atom. The van der Waals surface area contributed by atoms with Crippen LogP contribution in [-0.4, -0.2) is 22.9 Å². The van der Waals surface area contributed by atoms with Gasteiger partial charge in [0.1, 0.15) is 5.69 Å². The van der Waals surface area contributed by atoms with Gasteiger partial charge in [0, 0.05) is 12.6 Å². The van der Waals surface area contributed by atoms with Crippen molar-refractivity contribution in [1.82, 2.24) is 4.90 Å². The number of nitrogens with zero attached hydrogens (tertiary/aromatic N) is 2. The van der Waals surface area contributed by atoms with Crippen LogP contribution in [0.3, 0.4) is 0 Å². The van der Waals surface area contributed by atoms with E-state index in [1.807, 2.05) is 6.07 Å². The smallest absolute Gasteiger partial charge is 0.292 e. The molecule has 0 aliphatic carbocycles. The molecule has 0 aliphatic heterocycles. The van der Waals surface area contributed by atoms with Crippen molar-refractivity contribution in [2.45, 2.75) is 33.2 Å². The predicted molar refractivity (Wildman–Crippen MR) is 73.4 cm³/mol. The van der Waals surface area contributed by atoms with E-state index in [-0.39, 0.29) is 11.4 Å². The van der Waals surface area contributed by atoms with Crippen molar-refractivity contribution in [2.75, 3.05) is 18.8 Å². The third kappa shape index (κ3) is 4.00. The minimum atomic E-state index is -0.429. The molecule has 0 saturated carbocycles. The SMILES string of the molecule is CCCCN(CC)Cc1ccc(N)c([N+](=O)[O-])c1. The van der Waals surface area contributed by atoms with E-state index in [1.54, 1.807) is 12.1 Å². The fourth-order valence-electron chi connectivity index (χ4n) is 1.83. The monoisotopic (exact) mass is 251 g/mol. The summed E-state index contributed by atoms with van der Waals surface area (Å²) >= 11 is 0. The Morgan fingerprint density at radius 3 is 2.67 bits per heavy atom. The van der Waals surface area contributed by atoms with Gasteiger partial charge < -0.3 is 5.73 Å². The molecule has 1 aromatic rings. The number of unbranched alkanes of at least 4 members (excludes halogenated alkanes) is 1. The van der Waals surface area contributed by atoms with Crippen LogP contribution >= 0.6 is 0 Å². The molecule has 0 aliphatic rings. The lowest BCUT2D eigenvalue weighted by Crippen LogP contribution is -2.24. The highest BCUT2D eigenvalue weighted by molar-refractivity contribution is 5.59. The van der Waals surface area contributed by atoms with E-state index in [0.29, 0.717) is 0 Å². The fraction of sp³-hybridized carbons (Fsp3) is 0.538. The van der Waals surface area contributed by atoms with Crippen molar-refractivity contribution < 1.29 is 4.92 Å². The zero-order valence-corrected chi connectivity index (χ0v) is 11.1. The van der Waals surface area contributed by atoms with Crippen LogP contribution in [0.5, 0.6) is 0 Å². The standard InChI is InChI=1S/C13H21N3O2/c1-3-5-8-15(4-2)10-11-6-7-12(14)13(9-11)16(17)18/h6-7,9H,3-5,8,10,14H2,1-2H3. The normalized spacial score (nSPS) is 10.8. The molecule has 0 spiro atoms. The molecular weight excluding hydrogens is 230 g/mol. The summed E-state index contributed by atoms with van der Waals surface area (Å²) in [4.78, 5) is 12.7. The summed E-state index contributed by atoms with van der Waals surface area (Å²) in [6.45, 7) is 6.95. The Balaban J connectivity index is 2.77. The van der Waals surface area contributed by atoms with Gasteiger partial charge in [-0.2, -0.15) is 0 Å². The first kappa shape index (κ1) is 14.4. The lowest BCUT2D eigenvalue weighted by atomic mass is 10.1. The highest BCUT2D eigenvalue weighted by atomic mass is 16.6. The van der Waals surface area contributed by atoms with E-state index < -0.39 is 4.92 Å². The predicted octanol–water partition coefficient (Wildman–Crippen LogP) is 2.80. The van der Waals surface area contributed by atoms with Crippen molar-refractivity contribution >= 4 is 11.4 Å². The van der Waals surface area contributed by atoms with Crippen molar-refractivity contribution in [3.63, 3.8) is 0 Å².